The third-order valence-corrected chi connectivity index (χ3v) is 5.16. The van der Waals surface area contributed by atoms with Crippen LogP contribution in [0.1, 0.15) is 35.0 Å². The first-order valence-corrected chi connectivity index (χ1v) is 9.77. The van der Waals surface area contributed by atoms with Crippen LogP contribution in [-0.2, 0) is 11.3 Å². The van der Waals surface area contributed by atoms with Crippen molar-refractivity contribution in [1.82, 2.24) is 4.57 Å². The Labute approximate surface area is 176 Å². The minimum atomic E-state index is -1.27. The Morgan fingerprint density at radius 1 is 1.19 bits per heavy atom. The van der Waals surface area contributed by atoms with E-state index in [-0.39, 0.29) is 41.1 Å². The molecule has 1 heterocycles. The normalized spacial score (nSPS) is 13.5. The Morgan fingerprint density at radius 2 is 2.00 bits per heavy atom. The van der Waals surface area contributed by atoms with Gasteiger partial charge in [-0.3, -0.25) is 4.79 Å². The van der Waals surface area contributed by atoms with E-state index in [4.69, 9.17) is 4.74 Å². The first kappa shape index (κ1) is 20.5. The van der Waals surface area contributed by atoms with Crippen LogP contribution in [0.25, 0.3) is 16.5 Å². The van der Waals surface area contributed by atoms with Crippen LogP contribution in [0.4, 0.5) is 8.78 Å². The average Bonchev–Trinajstić information content (AvgIpc) is 3.05. The van der Waals surface area contributed by atoms with Crippen LogP contribution in [0.5, 0.6) is 5.75 Å². The van der Waals surface area contributed by atoms with Crippen LogP contribution in [-0.4, -0.2) is 28.0 Å². The highest BCUT2D eigenvalue weighted by atomic mass is 19.1. The number of carbonyl (C=O) groups is 2. The van der Waals surface area contributed by atoms with Gasteiger partial charge in [-0.05, 0) is 43.3 Å². The fraction of sp³-hybridized carbons (Fsp3) is 0.167. The van der Waals surface area contributed by atoms with Crippen molar-refractivity contribution in [3.8, 4) is 5.75 Å². The van der Waals surface area contributed by atoms with Crippen LogP contribution in [0.3, 0.4) is 0 Å². The Kier molecular flexibility index (Phi) is 5.42. The summed E-state index contributed by atoms with van der Waals surface area (Å²) in [4.78, 5) is 25.0. The summed E-state index contributed by atoms with van der Waals surface area (Å²) in [6, 6.07) is 8.05. The van der Waals surface area contributed by atoms with Gasteiger partial charge in [0.1, 0.15) is 23.1 Å². The maximum absolute atomic E-state index is 14.4. The Hall–Kier alpha value is -3.74. The molecule has 0 bridgehead atoms. The molecular formula is C24H19F2NO4. The predicted molar refractivity (Wildman–Crippen MR) is 112 cm³/mol. The van der Waals surface area contributed by atoms with Crippen molar-refractivity contribution in [2.75, 3.05) is 6.61 Å². The molecule has 1 N–H and O–H groups in total. The second kappa shape index (κ2) is 8.18. The minimum Gasteiger partial charge on any atom is -0.494 e. The summed E-state index contributed by atoms with van der Waals surface area (Å²) in [6.07, 6.45) is 5.12. The average molecular weight is 423 g/mol. The summed E-state index contributed by atoms with van der Waals surface area (Å²) in [7, 11) is 0. The fourth-order valence-electron chi connectivity index (χ4n) is 3.85. The maximum atomic E-state index is 14.4. The van der Waals surface area contributed by atoms with Crippen LogP contribution in [0, 0.1) is 11.6 Å². The van der Waals surface area contributed by atoms with E-state index in [0.29, 0.717) is 23.3 Å². The van der Waals surface area contributed by atoms with Crippen molar-refractivity contribution in [2.24, 2.45) is 0 Å². The van der Waals surface area contributed by atoms with E-state index >= 15 is 0 Å². The Morgan fingerprint density at radius 3 is 2.71 bits per heavy atom. The van der Waals surface area contributed by atoms with E-state index in [0.717, 1.165) is 18.2 Å². The molecule has 1 aromatic heterocycles. The molecule has 4 rings (SSSR count). The van der Waals surface area contributed by atoms with Crippen molar-refractivity contribution in [1.29, 1.82) is 0 Å². The van der Waals surface area contributed by atoms with Crippen molar-refractivity contribution < 1.29 is 28.2 Å². The number of allylic oxidation sites excluding steroid dienone is 4. The molecule has 0 fully saturated rings. The highest BCUT2D eigenvalue weighted by molar-refractivity contribution is 6.27. The molecule has 0 spiro atoms. The smallest absolute Gasteiger partial charge is 0.353 e. The van der Waals surface area contributed by atoms with E-state index in [1.165, 1.54) is 4.57 Å². The zero-order valence-electron chi connectivity index (χ0n) is 16.7. The zero-order valence-corrected chi connectivity index (χ0v) is 16.7. The summed E-state index contributed by atoms with van der Waals surface area (Å²) >= 11 is 0. The lowest BCUT2D eigenvalue weighted by Crippen LogP contribution is -2.14. The van der Waals surface area contributed by atoms with Crippen molar-refractivity contribution in [3.05, 3.63) is 83.1 Å². The lowest BCUT2D eigenvalue weighted by Gasteiger charge is -2.12. The monoisotopic (exact) mass is 423 g/mol. The molecule has 1 aliphatic carbocycles. The van der Waals surface area contributed by atoms with Crippen LogP contribution < -0.4 is 4.74 Å². The van der Waals surface area contributed by atoms with Crippen LogP contribution >= 0.6 is 0 Å². The molecule has 0 atom stereocenters. The molecule has 7 heteroatoms. The molecule has 31 heavy (non-hydrogen) atoms. The number of carbonyl (C=O) groups excluding carboxylic acids is 1. The molecule has 0 saturated heterocycles. The minimum absolute atomic E-state index is 0.00341. The van der Waals surface area contributed by atoms with Gasteiger partial charge in [-0.1, -0.05) is 18.2 Å². The summed E-state index contributed by atoms with van der Waals surface area (Å²) in [5.41, 5.74) is 0.820. The molecule has 0 radical (unpaired) electrons. The third kappa shape index (κ3) is 3.74. The molecule has 5 nitrogen and oxygen atoms in total. The summed E-state index contributed by atoms with van der Waals surface area (Å²) in [5.74, 6) is -2.25. The van der Waals surface area contributed by atoms with E-state index in [1.54, 1.807) is 36.4 Å². The van der Waals surface area contributed by atoms with Gasteiger partial charge in [0.05, 0.1) is 13.2 Å². The largest absolute Gasteiger partial charge is 0.494 e. The van der Waals surface area contributed by atoms with Gasteiger partial charge >= 0.3 is 5.97 Å². The van der Waals surface area contributed by atoms with Gasteiger partial charge < -0.3 is 14.4 Å². The number of Topliss-reactive ketones (excluding diaryl/α,β-unsaturated/α-hetero) is 1. The van der Waals surface area contributed by atoms with Gasteiger partial charge in [0.2, 0.25) is 0 Å². The predicted octanol–water partition coefficient (Wildman–Crippen LogP) is 4.98. The number of rotatable bonds is 6. The van der Waals surface area contributed by atoms with Gasteiger partial charge in [-0.25, -0.2) is 13.6 Å². The molecule has 3 aromatic rings. The van der Waals surface area contributed by atoms with E-state index < -0.39 is 17.6 Å². The Bertz CT molecular complexity index is 1270. The number of nitrogens with zero attached hydrogens (tertiary/aromatic N) is 1. The van der Waals surface area contributed by atoms with Crippen LogP contribution in [0.2, 0.25) is 0 Å². The SMILES string of the molecule is CCOc1ccc2c(c1)c(C1=CC=CCC1=O)c(C(=O)O)n2Cc1cc(F)ccc1F. The summed E-state index contributed by atoms with van der Waals surface area (Å²) < 4.78 is 35.0. The molecule has 0 aliphatic heterocycles. The maximum Gasteiger partial charge on any atom is 0.353 e. The second-order valence-corrected chi connectivity index (χ2v) is 7.10. The summed E-state index contributed by atoms with van der Waals surface area (Å²) in [6.45, 7) is 2.02. The molecule has 1 aliphatic rings. The molecule has 0 amide bonds. The number of fused-ring (bicyclic) bond motifs is 1. The number of hydrogen-bond donors (Lipinski definition) is 1. The number of aromatic carboxylic acids is 1. The number of carboxylic acid groups (broad SMARTS) is 1. The van der Waals surface area contributed by atoms with Gasteiger partial charge in [0.15, 0.2) is 5.78 Å². The fourth-order valence-corrected chi connectivity index (χ4v) is 3.85. The lowest BCUT2D eigenvalue weighted by atomic mass is 9.93. The van der Waals surface area contributed by atoms with Gasteiger partial charge in [-0.2, -0.15) is 0 Å². The third-order valence-electron chi connectivity index (χ3n) is 5.16. The number of ketones is 1. The van der Waals surface area contributed by atoms with Crippen molar-refractivity contribution in [3.63, 3.8) is 0 Å². The standard InChI is InChI=1S/C24H19F2NO4/c1-2-31-16-8-10-20-18(12-16)22(17-5-3-4-6-21(17)28)23(24(29)30)27(20)13-14-11-15(25)7-9-19(14)26/h3-5,7-12H,2,6,13H2,1H3,(H,29,30). The van der Waals surface area contributed by atoms with Crippen molar-refractivity contribution >= 4 is 28.2 Å². The molecule has 158 valence electrons. The molecule has 2 aromatic carbocycles. The number of hydrogen-bond acceptors (Lipinski definition) is 3. The number of halogens is 2. The molecule has 0 saturated carbocycles. The quantitative estimate of drug-likeness (QED) is 0.607. The van der Waals surface area contributed by atoms with Crippen LogP contribution in [0.15, 0.2) is 54.6 Å². The molecular weight excluding hydrogens is 404 g/mol. The number of carboxylic acids is 1. The zero-order chi connectivity index (χ0) is 22.1. The van der Waals surface area contributed by atoms with Gasteiger partial charge in [0.25, 0.3) is 0 Å². The first-order valence-electron chi connectivity index (χ1n) is 9.77. The number of benzene rings is 2. The lowest BCUT2D eigenvalue weighted by molar-refractivity contribution is -0.113. The van der Waals surface area contributed by atoms with E-state index in [9.17, 15) is 23.5 Å². The topological polar surface area (TPSA) is 68.5 Å². The first-order chi connectivity index (χ1) is 14.9. The van der Waals surface area contributed by atoms with Crippen molar-refractivity contribution in [2.45, 2.75) is 19.9 Å². The number of ether oxygens (including phenoxy) is 1. The highest BCUT2D eigenvalue weighted by Gasteiger charge is 2.28. The van der Waals surface area contributed by atoms with E-state index in [2.05, 4.69) is 0 Å². The molecule has 0 unspecified atom stereocenters. The van der Waals surface area contributed by atoms with Gasteiger partial charge in [-0.15, -0.1) is 0 Å². The van der Waals surface area contributed by atoms with Gasteiger partial charge in [0, 0.05) is 34.0 Å². The second-order valence-electron chi connectivity index (χ2n) is 7.10. The van der Waals surface area contributed by atoms with E-state index in [1.807, 2.05) is 6.92 Å². The summed E-state index contributed by atoms with van der Waals surface area (Å²) in [5, 5.41) is 10.6. The number of aromatic nitrogens is 1. The highest BCUT2D eigenvalue weighted by Crippen LogP contribution is 2.37. The Balaban J connectivity index is 2.03.